The van der Waals surface area contributed by atoms with Crippen LogP contribution in [-0.2, 0) is 11.2 Å². The first-order chi connectivity index (χ1) is 9.83. The summed E-state index contributed by atoms with van der Waals surface area (Å²) in [5.41, 5.74) is 2.07. The van der Waals surface area contributed by atoms with E-state index in [4.69, 9.17) is 0 Å². The van der Waals surface area contributed by atoms with Crippen LogP contribution in [-0.4, -0.2) is 35.0 Å². The third-order valence-electron chi connectivity index (χ3n) is 3.70. The molecule has 1 aliphatic rings. The summed E-state index contributed by atoms with van der Waals surface area (Å²) in [7, 11) is 0. The summed E-state index contributed by atoms with van der Waals surface area (Å²) in [6, 6.07) is 8.03. The maximum absolute atomic E-state index is 11.8. The number of fused-ring (bicyclic) bond motifs is 1. The zero-order valence-corrected chi connectivity index (χ0v) is 11.5. The van der Waals surface area contributed by atoms with Gasteiger partial charge in [-0.25, -0.2) is 4.98 Å². The number of aromatic nitrogens is 2. The minimum atomic E-state index is 0.0150. The topological polar surface area (TPSA) is 69.8 Å². The van der Waals surface area contributed by atoms with Crippen molar-refractivity contribution < 1.29 is 4.79 Å². The van der Waals surface area contributed by atoms with Crippen LogP contribution >= 0.6 is 0 Å². The summed E-state index contributed by atoms with van der Waals surface area (Å²) < 4.78 is 0. The van der Waals surface area contributed by atoms with Crippen molar-refractivity contribution in [2.24, 2.45) is 0 Å². The molecule has 5 heteroatoms. The van der Waals surface area contributed by atoms with Gasteiger partial charge in [0.25, 0.3) is 0 Å². The first-order valence-corrected chi connectivity index (χ1v) is 7.27. The Morgan fingerprint density at radius 1 is 1.40 bits per heavy atom. The van der Waals surface area contributed by atoms with Crippen LogP contribution in [0.15, 0.2) is 24.3 Å². The van der Waals surface area contributed by atoms with Gasteiger partial charge in [0.15, 0.2) is 0 Å². The number of H-pyrrole nitrogens is 1. The number of rotatable bonds is 5. The first kappa shape index (κ1) is 13.1. The molecular weight excluding hydrogens is 252 g/mol. The van der Waals surface area contributed by atoms with E-state index in [9.17, 15) is 4.79 Å². The first-order valence-electron chi connectivity index (χ1n) is 7.27. The lowest BCUT2D eigenvalue weighted by molar-refractivity contribution is -0.122. The summed E-state index contributed by atoms with van der Waals surface area (Å²) >= 11 is 0. The van der Waals surface area contributed by atoms with Crippen molar-refractivity contribution in [3.63, 3.8) is 0 Å². The summed E-state index contributed by atoms with van der Waals surface area (Å²) in [4.78, 5) is 19.6. The molecule has 20 heavy (non-hydrogen) atoms. The predicted octanol–water partition coefficient (Wildman–Crippen LogP) is 1.36. The van der Waals surface area contributed by atoms with Crippen LogP contribution in [0.1, 0.15) is 25.1 Å². The molecule has 0 aliphatic carbocycles. The molecule has 1 aliphatic heterocycles. The standard InChI is InChI=1S/C15H20N4O/c20-15(13-7-3-9-16-13)17-10-4-8-14-18-11-5-1-2-6-12(11)19-14/h1-2,5-6,13,16H,3-4,7-10H2,(H,17,20)(H,18,19). The number of hydrogen-bond donors (Lipinski definition) is 3. The number of para-hydroxylation sites is 2. The highest BCUT2D eigenvalue weighted by Gasteiger charge is 2.21. The number of carbonyl (C=O) groups excluding carboxylic acids is 1. The lowest BCUT2D eigenvalue weighted by Gasteiger charge is -2.10. The van der Waals surface area contributed by atoms with Gasteiger partial charge in [-0.1, -0.05) is 12.1 Å². The fourth-order valence-corrected chi connectivity index (χ4v) is 2.62. The van der Waals surface area contributed by atoms with Crippen LogP contribution in [0.4, 0.5) is 0 Å². The lowest BCUT2D eigenvalue weighted by atomic mass is 10.2. The number of hydrogen-bond acceptors (Lipinski definition) is 3. The summed E-state index contributed by atoms with van der Waals surface area (Å²) in [5, 5.41) is 6.19. The van der Waals surface area contributed by atoms with Crippen molar-refractivity contribution in [1.82, 2.24) is 20.6 Å². The third-order valence-corrected chi connectivity index (χ3v) is 3.70. The van der Waals surface area contributed by atoms with Crippen LogP contribution in [0.5, 0.6) is 0 Å². The van der Waals surface area contributed by atoms with Gasteiger partial charge in [-0.15, -0.1) is 0 Å². The molecule has 1 saturated heterocycles. The molecule has 3 N–H and O–H groups in total. The van der Waals surface area contributed by atoms with Crippen molar-refractivity contribution in [3.05, 3.63) is 30.1 Å². The van der Waals surface area contributed by atoms with Crippen molar-refractivity contribution >= 4 is 16.9 Å². The van der Waals surface area contributed by atoms with Crippen molar-refractivity contribution in [2.75, 3.05) is 13.1 Å². The fourth-order valence-electron chi connectivity index (χ4n) is 2.62. The molecule has 0 spiro atoms. The third kappa shape index (κ3) is 2.99. The van der Waals surface area contributed by atoms with E-state index in [0.29, 0.717) is 6.54 Å². The predicted molar refractivity (Wildman–Crippen MR) is 78.4 cm³/mol. The Morgan fingerprint density at radius 2 is 2.30 bits per heavy atom. The molecule has 0 radical (unpaired) electrons. The number of nitrogens with one attached hydrogen (secondary N) is 3. The molecule has 5 nitrogen and oxygen atoms in total. The van der Waals surface area contributed by atoms with E-state index >= 15 is 0 Å². The summed E-state index contributed by atoms with van der Waals surface area (Å²) in [6.07, 6.45) is 3.80. The number of amides is 1. The number of nitrogens with zero attached hydrogens (tertiary/aromatic N) is 1. The van der Waals surface area contributed by atoms with Crippen LogP contribution in [0.3, 0.4) is 0 Å². The van der Waals surface area contributed by atoms with Crippen molar-refractivity contribution in [1.29, 1.82) is 0 Å². The molecule has 1 unspecified atom stereocenters. The van der Waals surface area contributed by atoms with Gasteiger partial charge in [-0.2, -0.15) is 0 Å². The van der Waals surface area contributed by atoms with Crippen LogP contribution in [0.25, 0.3) is 11.0 Å². The molecule has 0 bridgehead atoms. The number of aryl methyl sites for hydroxylation is 1. The van der Waals surface area contributed by atoms with Crippen molar-refractivity contribution in [2.45, 2.75) is 31.7 Å². The molecule has 1 atom stereocenters. The van der Waals surface area contributed by atoms with Crippen LogP contribution in [0, 0.1) is 0 Å². The highest BCUT2D eigenvalue weighted by atomic mass is 16.2. The lowest BCUT2D eigenvalue weighted by Crippen LogP contribution is -2.40. The van der Waals surface area contributed by atoms with E-state index in [-0.39, 0.29) is 11.9 Å². The van der Waals surface area contributed by atoms with Gasteiger partial charge in [-0.05, 0) is 37.9 Å². The molecule has 2 aromatic rings. The van der Waals surface area contributed by atoms with E-state index in [1.54, 1.807) is 0 Å². The van der Waals surface area contributed by atoms with Gasteiger partial charge in [-0.3, -0.25) is 4.79 Å². The minimum Gasteiger partial charge on any atom is -0.355 e. The van der Waals surface area contributed by atoms with Gasteiger partial charge in [0.05, 0.1) is 17.1 Å². The second-order valence-electron chi connectivity index (χ2n) is 5.24. The maximum Gasteiger partial charge on any atom is 0.237 e. The molecule has 1 aromatic heterocycles. The molecule has 0 saturated carbocycles. The normalized spacial score (nSPS) is 18.5. The van der Waals surface area contributed by atoms with E-state index < -0.39 is 0 Å². The second-order valence-corrected chi connectivity index (χ2v) is 5.24. The van der Waals surface area contributed by atoms with Crippen LogP contribution < -0.4 is 10.6 Å². The van der Waals surface area contributed by atoms with E-state index in [2.05, 4.69) is 20.6 Å². The zero-order valence-electron chi connectivity index (χ0n) is 11.5. The molecule has 1 aromatic carbocycles. The van der Waals surface area contributed by atoms with Crippen LogP contribution in [0.2, 0.25) is 0 Å². The van der Waals surface area contributed by atoms with Crippen molar-refractivity contribution in [3.8, 4) is 0 Å². The molecule has 1 fully saturated rings. The quantitative estimate of drug-likeness (QED) is 0.720. The van der Waals surface area contributed by atoms with E-state index in [1.807, 2.05) is 24.3 Å². The average molecular weight is 272 g/mol. The number of carbonyl (C=O) groups is 1. The summed E-state index contributed by atoms with van der Waals surface area (Å²) in [5.74, 6) is 1.12. The molecule has 3 rings (SSSR count). The zero-order chi connectivity index (χ0) is 13.8. The molecule has 2 heterocycles. The Morgan fingerprint density at radius 3 is 3.10 bits per heavy atom. The van der Waals surface area contributed by atoms with Gasteiger partial charge >= 0.3 is 0 Å². The number of benzene rings is 1. The van der Waals surface area contributed by atoms with Gasteiger partial charge in [0, 0.05) is 13.0 Å². The van der Waals surface area contributed by atoms with Gasteiger partial charge in [0.1, 0.15) is 5.82 Å². The van der Waals surface area contributed by atoms with E-state index in [0.717, 1.165) is 49.1 Å². The number of aromatic amines is 1. The highest BCUT2D eigenvalue weighted by Crippen LogP contribution is 2.11. The fraction of sp³-hybridized carbons (Fsp3) is 0.467. The number of imidazole rings is 1. The average Bonchev–Trinajstić information content (AvgIpc) is 3.11. The Bertz CT molecular complexity index is 553. The van der Waals surface area contributed by atoms with E-state index in [1.165, 1.54) is 0 Å². The Kier molecular flexibility index (Phi) is 3.97. The monoisotopic (exact) mass is 272 g/mol. The molecular formula is C15H20N4O. The molecule has 106 valence electrons. The Labute approximate surface area is 118 Å². The van der Waals surface area contributed by atoms with Gasteiger partial charge in [0.2, 0.25) is 5.91 Å². The second kappa shape index (κ2) is 6.05. The molecule has 1 amide bonds. The Balaban J connectivity index is 1.44. The smallest absolute Gasteiger partial charge is 0.237 e. The minimum absolute atomic E-state index is 0.0150. The Hall–Kier alpha value is -1.88. The van der Waals surface area contributed by atoms with Gasteiger partial charge < -0.3 is 15.6 Å². The SMILES string of the molecule is O=C(NCCCc1nc2ccccc2[nH]1)C1CCCN1. The maximum atomic E-state index is 11.8. The largest absolute Gasteiger partial charge is 0.355 e. The highest BCUT2D eigenvalue weighted by molar-refractivity contribution is 5.81. The summed E-state index contributed by atoms with van der Waals surface area (Å²) in [6.45, 7) is 1.66.